The molecule has 0 spiro atoms. The molecule has 0 amide bonds. The third kappa shape index (κ3) is 3.61. The Balaban J connectivity index is 2.26. The van der Waals surface area contributed by atoms with Gasteiger partial charge >= 0.3 is 0 Å². The summed E-state index contributed by atoms with van der Waals surface area (Å²) in [6.07, 6.45) is 2.68. The number of nitrogens with two attached hydrogens (primary N) is 1. The molecule has 0 atom stereocenters. The third-order valence-electron chi connectivity index (χ3n) is 2.90. The number of hydrogen-bond acceptors (Lipinski definition) is 5. The van der Waals surface area contributed by atoms with Gasteiger partial charge in [0, 0.05) is 18.3 Å². The maximum Gasteiger partial charge on any atom is 0.203 e. The number of methoxy groups -OCH3 is 2. The summed E-state index contributed by atoms with van der Waals surface area (Å²) in [5.41, 5.74) is 7.10. The normalized spacial score (nSPS) is 10.3. The Morgan fingerprint density at radius 1 is 1.05 bits per heavy atom. The first-order valence-electron chi connectivity index (χ1n) is 6.35. The number of benzene rings is 1. The van der Waals surface area contributed by atoms with Gasteiger partial charge in [-0.2, -0.15) is 0 Å². The third-order valence-corrected chi connectivity index (χ3v) is 2.90. The van der Waals surface area contributed by atoms with E-state index in [1.807, 2.05) is 0 Å². The Bertz CT molecular complexity index is 595. The van der Waals surface area contributed by atoms with Gasteiger partial charge in [-0.15, -0.1) is 0 Å². The number of aromatic nitrogens is 1. The highest BCUT2D eigenvalue weighted by molar-refractivity contribution is 5.53. The molecule has 0 fully saturated rings. The zero-order chi connectivity index (χ0) is 15.2. The Kier molecular flexibility index (Phi) is 4.94. The standard InChI is InChI=1S/C15H17FN2O3/c1-19-13-4-10(6-17)5-14(20-2)15(13)21-9-11-3-12(16)8-18-7-11/h3-5,7-8H,6,9,17H2,1-2H3. The molecular formula is C15H17FN2O3. The summed E-state index contributed by atoms with van der Waals surface area (Å²) in [4.78, 5) is 3.78. The topological polar surface area (TPSA) is 66.6 Å². The minimum absolute atomic E-state index is 0.152. The molecule has 2 N–H and O–H groups in total. The van der Waals surface area contributed by atoms with Gasteiger partial charge in [0.2, 0.25) is 5.75 Å². The molecule has 2 aromatic rings. The van der Waals surface area contributed by atoms with E-state index in [2.05, 4.69) is 4.98 Å². The van der Waals surface area contributed by atoms with Crippen molar-refractivity contribution in [2.24, 2.45) is 5.73 Å². The van der Waals surface area contributed by atoms with E-state index in [-0.39, 0.29) is 6.61 Å². The van der Waals surface area contributed by atoms with Crippen LogP contribution in [0.5, 0.6) is 17.2 Å². The van der Waals surface area contributed by atoms with Crippen LogP contribution >= 0.6 is 0 Å². The molecule has 1 aromatic heterocycles. The molecule has 5 nitrogen and oxygen atoms in total. The molecule has 1 heterocycles. The molecule has 0 radical (unpaired) electrons. The molecule has 0 saturated heterocycles. The second-order valence-corrected chi connectivity index (χ2v) is 4.33. The van der Waals surface area contributed by atoms with Crippen LogP contribution in [0.2, 0.25) is 0 Å². The second kappa shape index (κ2) is 6.90. The molecular weight excluding hydrogens is 275 g/mol. The van der Waals surface area contributed by atoms with E-state index in [1.54, 1.807) is 12.1 Å². The van der Waals surface area contributed by atoms with E-state index < -0.39 is 5.82 Å². The van der Waals surface area contributed by atoms with Crippen molar-refractivity contribution < 1.29 is 18.6 Å². The van der Waals surface area contributed by atoms with E-state index in [9.17, 15) is 4.39 Å². The van der Waals surface area contributed by atoms with Crippen molar-refractivity contribution >= 4 is 0 Å². The lowest BCUT2D eigenvalue weighted by Crippen LogP contribution is -2.03. The predicted octanol–water partition coefficient (Wildman–Crippen LogP) is 2.28. The highest BCUT2D eigenvalue weighted by atomic mass is 19.1. The van der Waals surface area contributed by atoms with Gasteiger partial charge in [-0.25, -0.2) is 4.39 Å². The molecule has 2 rings (SSSR count). The van der Waals surface area contributed by atoms with Crippen LogP contribution in [0.3, 0.4) is 0 Å². The van der Waals surface area contributed by atoms with Crippen LogP contribution in [0.4, 0.5) is 4.39 Å². The van der Waals surface area contributed by atoms with Gasteiger partial charge in [-0.1, -0.05) is 0 Å². The minimum Gasteiger partial charge on any atom is -0.493 e. The van der Waals surface area contributed by atoms with E-state index in [0.29, 0.717) is 29.4 Å². The smallest absolute Gasteiger partial charge is 0.203 e. The molecule has 112 valence electrons. The number of nitrogens with zero attached hydrogens (tertiary/aromatic N) is 1. The molecule has 1 aromatic carbocycles. The van der Waals surface area contributed by atoms with Gasteiger partial charge in [-0.05, 0) is 23.8 Å². The van der Waals surface area contributed by atoms with Crippen molar-refractivity contribution in [3.63, 3.8) is 0 Å². The Hall–Kier alpha value is -2.34. The van der Waals surface area contributed by atoms with E-state index in [4.69, 9.17) is 19.9 Å². The van der Waals surface area contributed by atoms with Crippen LogP contribution < -0.4 is 19.9 Å². The predicted molar refractivity (Wildman–Crippen MR) is 76.0 cm³/mol. The number of hydrogen-bond donors (Lipinski definition) is 1. The van der Waals surface area contributed by atoms with Crippen molar-refractivity contribution in [2.75, 3.05) is 14.2 Å². The van der Waals surface area contributed by atoms with Crippen LogP contribution in [0.25, 0.3) is 0 Å². The van der Waals surface area contributed by atoms with Crippen molar-refractivity contribution in [2.45, 2.75) is 13.2 Å². The number of rotatable bonds is 6. The summed E-state index contributed by atoms with van der Waals surface area (Å²) in [6, 6.07) is 4.92. The summed E-state index contributed by atoms with van der Waals surface area (Å²) in [6.45, 7) is 0.514. The minimum atomic E-state index is -0.409. The average Bonchev–Trinajstić information content (AvgIpc) is 2.52. The fraction of sp³-hybridized carbons (Fsp3) is 0.267. The lowest BCUT2D eigenvalue weighted by atomic mass is 10.2. The van der Waals surface area contributed by atoms with Crippen LogP contribution in [-0.4, -0.2) is 19.2 Å². The highest BCUT2D eigenvalue weighted by Gasteiger charge is 2.14. The first-order chi connectivity index (χ1) is 10.2. The van der Waals surface area contributed by atoms with Gasteiger partial charge in [-0.3, -0.25) is 4.98 Å². The maximum atomic E-state index is 13.1. The number of pyridine rings is 1. The summed E-state index contributed by atoms with van der Waals surface area (Å²) < 4.78 is 29.4. The van der Waals surface area contributed by atoms with Gasteiger partial charge in [0.25, 0.3) is 0 Å². The molecule has 0 bridgehead atoms. The Morgan fingerprint density at radius 2 is 1.71 bits per heavy atom. The van der Waals surface area contributed by atoms with Gasteiger partial charge < -0.3 is 19.9 Å². The van der Waals surface area contributed by atoms with Gasteiger partial charge in [0.1, 0.15) is 12.4 Å². The van der Waals surface area contributed by atoms with Crippen molar-refractivity contribution in [1.29, 1.82) is 0 Å². The van der Waals surface area contributed by atoms with E-state index in [0.717, 1.165) is 11.8 Å². The molecule has 21 heavy (non-hydrogen) atoms. The lowest BCUT2D eigenvalue weighted by Gasteiger charge is -2.15. The molecule has 6 heteroatoms. The zero-order valence-electron chi connectivity index (χ0n) is 11.9. The van der Waals surface area contributed by atoms with Crippen LogP contribution in [0.1, 0.15) is 11.1 Å². The van der Waals surface area contributed by atoms with Crippen molar-refractivity contribution in [3.05, 3.63) is 47.5 Å². The van der Waals surface area contributed by atoms with E-state index in [1.165, 1.54) is 26.5 Å². The molecule has 0 aliphatic carbocycles. The average molecular weight is 292 g/mol. The summed E-state index contributed by atoms with van der Waals surface area (Å²) in [7, 11) is 3.07. The molecule has 0 saturated carbocycles. The molecule has 0 unspecified atom stereocenters. The van der Waals surface area contributed by atoms with Gasteiger partial charge in [0.05, 0.1) is 20.4 Å². The molecule has 0 aliphatic heterocycles. The Labute approximate surface area is 122 Å². The van der Waals surface area contributed by atoms with E-state index >= 15 is 0 Å². The first-order valence-corrected chi connectivity index (χ1v) is 6.35. The summed E-state index contributed by atoms with van der Waals surface area (Å²) in [5.74, 6) is 1.06. The van der Waals surface area contributed by atoms with Crippen molar-refractivity contribution in [3.8, 4) is 17.2 Å². The SMILES string of the molecule is COc1cc(CN)cc(OC)c1OCc1cncc(F)c1. The lowest BCUT2D eigenvalue weighted by molar-refractivity contribution is 0.265. The number of ether oxygens (including phenoxy) is 3. The van der Waals surface area contributed by atoms with Gasteiger partial charge in [0.15, 0.2) is 11.5 Å². The zero-order valence-corrected chi connectivity index (χ0v) is 11.9. The Morgan fingerprint density at radius 3 is 2.24 bits per heavy atom. The highest BCUT2D eigenvalue weighted by Crippen LogP contribution is 2.38. The van der Waals surface area contributed by atoms with Crippen LogP contribution in [0.15, 0.2) is 30.6 Å². The quantitative estimate of drug-likeness (QED) is 0.884. The monoisotopic (exact) mass is 292 g/mol. The number of halogens is 1. The first kappa shape index (κ1) is 15.1. The van der Waals surface area contributed by atoms with Crippen LogP contribution in [-0.2, 0) is 13.2 Å². The fourth-order valence-corrected chi connectivity index (χ4v) is 1.88. The fourth-order valence-electron chi connectivity index (χ4n) is 1.88. The summed E-state index contributed by atoms with van der Waals surface area (Å²) in [5, 5.41) is 0. The van der Waals surface area contributed by atoms with Crippen molar-refractivity contribution in [1.82, 2.24) is 4.98 Å². The largest absolute Gasteiger partial charge is 0.493 e. The maximum absolute atomic E-state index is 13.1. The second-order valence-electron chi connectivity index (χ2n) is 4.33. The molecule has 0 aliphatic rings. The summed E-state index contributed by atoms with van der Waals surface area (Å²) >= 11 is 0. The van der Waals surface area contributed by atoms with Crippen LogP contribution in [0, 0.1) is 5.82 Å².